The van der Waals surface area contributed by atoms with Gasteiger partial charge in [0.1, 0.15) is 21.4 Å². The Hall–Kier alpha value is -1.92. The highest BCUT2D eigenvalue weighted by Gasteiger charge is 2.30. The fraction of sp³-hybridized carbons (Fsp3) is 0.350. The van der Waals surface area contributed by atoms with Gasteiger partial charge in [-0.1, -0.05) is 42.1 Å². The van der Waals surface area contributed by atoms with E-state index in [0.29, 0.717) is 6.04 Å². The van der Waals surface area contributed by atoms with Crippen LogP contribution in [0.1, 0.15) is 40.5 Å². The second-order valence-corrected chi connectivity index (χ2v) is 9.09. The molecule has 1 N–H and O–H groups in total. The molecule has 0 saturated heterocycles. The summed E-state index contributed by atoms with van der Waals surface area (Å²) in [6, 6.07) is 10.4. The Morgan fingerprint density at radius 1 is 1.19 bits per heavy atom. The molecule has 1 amide bonds. The van der Waals surface area contributed by atoms with Crippen LogP contribution in [0.4, 0.5) is 0 Å². The summed E-state index contributed by atoms with van der Waals surface area (Å²) in [6.45, 7) is 0. The lowest BCUT2D eigenvalue weighted by Crippen LogP contribution is -2.29. The van der Waals surface area contributed by atoms with Crippen LogP contribution in [0.5, 0.6) is 0 Å². The maximum absolute atomic E-state index is 12.9. The number of nitrogens with one attached hydrogen (secondary N) is 1. The second-order valence-electron chi connectivity index (χ2n) is 6.91. The lowest BCUT2D eigenvalue weighted by atomic mass is 10.1. The Morgan fingerprint density at radius 3 is 2.85 bits per heavy atom. The summed E-state index contributed by atoms with van der Waals surface area (Å²) in [5.74, 6) is 0.0855. The number of hydrogen-bond donors (Lipinski definition) is 1. The average molecular weight is 382 g/mol. The van der Waals surface area contributed by atoms with Crippen molar-refractivity contribution in [2.24, 2.45) is 0 Å². The molecule has 0 aliphatic heterocycles. The number of benzene rings is 1. The number of carbonyl (C=O) groups is 1. The summed E-state index contributed by atoms with van der Waals surface area (Å²) < 4.78 is 0. The van der Waals surface area contributed by atoms with Crippen molar-refractivity contribution in [1.82, 2.24) is 15.3 Å². The minimum atomic E-state index is -0.285. The number of aromatic nitrogens is 2. The Kier molecular flexibility index (Phi) is 4.17. The Morgan fingerprint density at radius 2 is 2.04 bits per heavy atom. The molecule has 0 radical (unpaired) electrons. The van der Waals surface area contributed by atoms with Crippen LogP contribution in [0, 0.1) is 0 Å². The molecule has 0 bridgehead atoms. The highest BCUT2D eigenvalue weighted by molar-refractivity contribution is 8.00. The van der Waals surface area contributed by atoms with Crippen LogP contribution in [0.2, 0.25) is 0 Å². The van der Waals surface area contributed by atoms with E-state index >= 15 is 0 Å². The van der Waals surface area contributed by atoms with Crippen molar-refractivity contribution in [2.45, 2.75) is 48.4 Å². The van der Waals surface area contributed by atoms with E-state index in [1.807, 2.05) is 30.3 Å². The van der Waals surface area contributed by atoms with E-state index < -0.39 is 0 Å². The molecule has 0 unspecified atom stereocenters. The van der Waals surface area contributed by atoms with Crippen LogP contribution in [0.3, 0.4) is 0 Å². The summed E-state index contributed by atoms with van der Waals surface area (Å²) in [7, 11) is 0. The van der Waals surface area contributed by atoms with Crippen LogP contribution in [0.15, 0.2) is 41.7 Å². The van der Waals surface area contributed by atoms with E-state index in [4.69, 9.17) is 0 Å². The number of thiophene rings is 1. The number of fused-ring (bicyclic) bond motifs is 3. The van der Waals surface area contributed by atoms with Crippen molar-refractivity contribution < 1.29 is 4.79 Å². The van der Waals surface area contributed by atoms with Crippen molar-refractivity contribution in [3.05, 3.63) is 52.7 Å². The molecule has 132 valence electrons. The maximum Gasteiger partial charge on any atom is 0.238 e. The van der Waals surface area contributed by atoms with Crippen LogP contribution < -0.4 is 5.32 Å². The topological polar surface area (TPSA) is 54.9 Å². The molecule has 0 spiro atoms. The van der Waals surface area contributed by atoms with Gasteiger partial charge in [-0.3, -0.25) is 4.79 Å². The predicted molar refractivity (Wildman–Crippen MR) is 106 cm³/mol. The fourth-order valence-electron chi connectivity index (χ4n) is 3.51. The quantitative estimate of drug-likeness (QED) is 0.529. The van der Waals surface area contributed by atoms with Crippen LogP contribution >= 0.6 is 23.1 Å². The Balaban J connectivity index is 1.54. The van der Waals surface area contributed by atoms with Gasteiger partial charge in [0.25, 0.3) is 0 Å². The molecule has 1 fully saturated rings. The largest absolute Gasteiger partial charge is 0.352 e. The lowest BCUT2D eigenvalue weighted by Gasteiger charge is -2.17. The molecule has 1 atom stereocenters. The monoisotopic (exact) mass is 381 g/mol. The minimum absolute atomic E-state index is 0.0855. The number of hydrogen-bond acceptors (Lipinski definition) is 5. The summed E-state index contributed by atoms with van der Waals surface area (Å²) in [4.78, 5) is 24.5. The number of amides is 1. The fourth-order valence-corrected chi connectivity index (χ4v) is 5.94. The summed E-state index contributed by atoms with van der Waals surface area (Å²) in [5.41, 5.74) is 2.43. The van der Waals surface area contributed by atoms with Crippen molar-refractivity contribution in [2.75, 3.05) is 0 Å². The molecular formula is C20H19N3OS2. The summed E-state index contributed by atoms with van der Waals surface area (Å²) >= 11 is 3.35. The van der Waals surface area contributed by atoms with Gasteiger partial charge in [0.2, 0.25) is 5.91 Å². The van der Waals surface area contributed by atoms with Gasteiger partial charge in [0.05, 0.1) is 0 Å². The van der Waals surface area contributed by atoms with E-state index in [-0.39, 0.29) is 11.2 Å². The maximum atomic E-state index is 12.9. The molecule has 1 saturated carbocycles. The molecule has 2 aliphatic rings. The van der Waals surface area contributed by atoms with Gasteiger partial charge in [-0.15, -0.1) is 11.3 Å². The van der Waals surface area contributed by atoms with Crippen LogP contribution in [-0.4, -0.2) is 21.9 Å². The lowest BCUT2D eigenvalue weighted by molar-refractivity contribution is -0.120. The highest BCUT2D eigenvalue weighted by Crippen LogP contribution is 2.44. The first kappa shape index (κ1) is 16.3. The molecule has 6 heteroatoms. The average Bonchev–Trinajstić information content (AvgIpc) is 3.23. The normalized spacial score (nSPS) is 17.2. The SMILES string of the molecule is O=C(NC1CC1)[C@@H](Sc1ncnc2sc3c(c12)CCC3)c1ccccc1. The molecule has 5 rings (SSSR count). The van der Waals surface area contributed by atoms with Crippen molar-refractivity contribution in [1.29, 1.82) is 0 Å². The van der Waals surface area contributed by atoms with Gasteiger partial charge in [-0.05, 0) is 43.2 Å². The molecule has 26 heavy (non-hydrogen) atoms. The Bertz CT molecular complexity index is 966. The van der Waals surface area contributed by atoms with E-state index in [9.17, 15) is 4.79 Å². The van der Waals surface area contributed by atoms with E-state index in [2.05, 4.69) is 15.3 Å². The molecule has 1 aromatic carbocycles. The molecule has 2 heterocycles. The number of aryl methyl sites for hydroxylation is 2. The van der Waals surface area contributed by atoms with Gasteiger partial charge in [0, 0.05) is 16.3 Å². The molecule has 4 nitrogen and oxygen atoms in total. The zero-order valence-corrected chi connectivity index (χ0v) is 15.9. The molecule has 3 aromatic rings. The molecule has 2 aromatic heterocycles. The third-order valence-corrected chi connectivity index (χ3v) is 7.41. The van der Waals surface area contributed by atoms with Gasteiger partial charge in [-0.25, -0.2) is 9.97 Å². The van der Waals surface area contributed by atoms with Crippen LogP contribution in [0.25, 0.3) is 10.2 Å². The number of thioether (sulfide) groups is 1. The van der Waals surface area contributed by atoms with E-state index in [1.54, 1.807) is 29.4 Å². The second kappa shape index (κ2) is 6.67. The van der Waals surface area contributed by atoms with Crippen molar-refractivity contribution in [3.8, 4) is 0 Å². The molecular weight excluding hydrogens is 362 g/mol. The van der Waals surface area contributed by atoms with Gasteiger partial charge in [-0.2, -0.15) is 0 Å². The van der Waals surface area contributed by atoms with Crippen LogP contribution in [-0.2, 0) is 17.6 Å². The number of nitrogens with zero attached hydrogens (tertiary/aromatic N) is 2. The summed E-state index contributed by atoms with van der Waals surface area (Å²) in [6.07, 6.45) is 7.27. The van der Waals surface area contributed by atoms with Crippen molar-refractivity contribution in [3.63, 3.8) is 0 Å². The predicted octanol–water partition coefficient (Wildman–Crippen LogP) is 4.29. The standard InChI is InChI=1S/C20H19N3OS2/c24-18(23-13-9-10-13)17(12-5-2-1-3-6-12)26-20-16-14-7-4-8-15(14)25-19(16)21-11-22-20/h1-3,5-6,11,13,17H,4,7-10H2,(H,23,24)/t17-/m0/s1. The smallest absolute Gasteiger partial charge is 0.238 e. The number of carbonyl (C=O) groups excluding carboxylic acids is 1. The third-order valence-electron chi connectivity index (χ3n) is 4.96. The van der Waals surface area contributed by atoms with Gasteiger partial charge < -0.3 is 5.32 Å². The third kappa shape index (κ3) is 3.01. The molecule has 2 aliphatic carbocycles. The highest BCUT2D eigenvalue weighted by atomic mass is 32.2. The van der Waals surface area contributed by atoms with E-state index in [0.717, 1.165) is 41.1 Å². The number of rotatable bonds is 5. The van der Waals surface area contributed by atoms with Gasteiger partial charge in [0.15, 0.2) is 0 Å². The first-order valence-corrected chi connectivity index (χ1v) is 10.8. The zero-order valence-electron chi connectivity index (χ0n) is 14.3. The summed E-state index contributed by atoms with van der Waals surface area (Å²) in [5, 5.41) is 5.00. The van der Waals surface area contributed by atoms with Crippen molar-refractivity contribution >= 4 is 39.2 Å². The first-order chi connectivity index (χ1) is 12.8. The minimum Gasteiger partial charge on any atom is -0.352 e. The zero-order chi connectivity index (χ0) is 17.5. The van der Waals surface area contributed by atoms with E-state index in [1.165, 1.54) is 22.2 Å². The first-order valence-electron chi connectivity index (χ1n) is 9.07. The Labute approximate surface area is 160 Å². The van der Waals surface area contributed by atoms with Gasteiger partial charge >= 0.3 is 0 Å².